The Balaban J connectivity index is 0.000000205. The van der Waals surface area contributed by atoms with Crippen molar-refractivity contribution in [2.24, 2.45) is 5.41 Å². The Morgan fingerprint density at radius 3 is 2.22 bits per heavy atom. The molecule has 6 heteroatoms. The molecule has 3 aromatic heterocycles. The average Bonchev–Trinajstić information content (AvgIpc) is 3.44. The summed E-state index contributed by atoms with van der Waals surface area (Å²) in [5.41, 5.74) is 11.8. The van der Waals surface area contributed by atoms with Gasteiger partial charge in [-0.1, -0.05) is 87.3 Å². The fraction of sp³-hybridized carbons (Fsp3) is 0.244. The summed E-state index contributed by atoms with van der Waals surface area (Å²) in [7, 11) is -1.37. The van der Waals surface area contributed by atoms with Crippen LogP contribution in [0.1, 0.15) is 43.0 Å². The number of rotatable bonds is 5. The first-order valence-electron chi connectivity index (χ1n) is 17.2. The molecule has 3 heterocycles. The van der Waals surface area contributed by atoms with E-state index in [1.807, 2.05) is 42.6 Å². The van der Waals surface area contributed by atoms with E-state index in [1.165, 1.54) is 39.1 Å². The van der Waals surface area contributed by atoms with Crippen molar-refractivity contribution in [3.05, 3.63) is 138 Å². The summed E-state index contributed by atoms with van der Waals surface area (Å²) in [6.45, 7) is 20.5. The zero-order valence-corrected chi connectivity index (χ0v) is 35.2. The molecule has 0 amide bonds. The monoisotopic (exact) mass is 885 g/mol. The van der Waals surface area contributed by atoms with E-state index in [0.29, 0.717) is 5.39 Å². The molecule has 7 rings (SSSR count). The Morgan fingerprint density at radius 1 is 0.804 bits per heavy atom. The number of fused-ring (bicyclic) bond motifs is 3. The number of aromatic nitrogens is 2. The summed E-state index contributed by atoms with van der Waals surface area (Å²) in [4.78, 5) is 9.35. The molecule has 0 unspecified atom stereocenters. The second-order valence-corrected chi connectivity index (χ2v) is 21.6. The molecule has 0 atom stereocenters. The summed E-state index contributed by atoms with van der Waals surface area (Å²) >= 11 is 1.60. The van der Waals surface area contributed by atoms with Gasteiger partial charge in [0.05, 0.1) is 8.07 Å². The van der Waals surface area contributed by atoms with Gasteiger partial charge >= 0.3 is 0 Å². The molecule has 7 aromatic rings. The van der Waals surface area contributed by atoms with Crippen LogP contribution in [0.5, 0.6) is 0 Å². The van der Waals surface area contributed by atoms with Gasteiger partial charge in [0, 0.05) is 42.6 Å². The van der Waals surface area contributed by atoms with Gasteiger partial charge in [-0.05, 0) is 94.3 Å². The van der Waals surface area contributed by atoms with E-state index < -0.39 is 8.07 Å². The number of nitrogens with zero attached hydrogens (tertiary/aromatic N) is 2. The van der Waals surface area contributed by atoms with Crippen molar-refractivity contribution in [3.8, 4) is 33.6 Å². The van der Waals surface area contributed by atoms with E-state index in [0.717, 1.165) is 49.3 Å². The van der Waals surface area contributed by atoms with Crippen LogP contribution in [-0.2, 0) is 26.5 Å². The molecule has 4 aromatic carbocycles. The van der Waals surface area contributed by atoms with Gasteiger partial charge in [-0.3, -0.25) is 0 Å². The maximum Gasteiger partial charge on any atom is 0.130 e. The maximum absolute atomic E-state index is 14.5. The van der Waals surface area contributed by atoms with E-state index in [1.54, 1.807) is 17.4 Å². The minimum Gasteiger partial charge on any atom is -0.305 e. The van der Waals surface area contributed by atoms with Gasteiger partial charge < -0.3 is 9.97 Å². The summed E-state index contributed by atoms with van der Waals surface area (Å²) in [5.74, 6) is -0.182. The number of benzene rings is 4. The molecule has 0 fully saturated rings. The van der Waals surface area contributed by atoms with Crippen LogP contribution in [0.15, 0.2) is 97.3 Å². The number of pyridine rings is 2. The number of thiophene rings is 1. The summed E-state index contributed by atoms with van der Waals surface area (Å²) in [6.07, 6.45) is 5.06. The molecule has 0 aliphatic carbocycles. The van der Waals surface area contributed by atoms with Crippen molar-refractivity contribution in [3.63, 3.8) is 0 Å². The smallest absolute Gasteiger partial charge is 0.130 e. The Labute approximate surface area is 321 Å². The van der Waals surface area contributed by atoms with Gasteiger partial charge in [-0.15, -0.1) is 59.7 Å². The van der Waals surface area contributed by atoms with E-state index in [-0.39, 0.29) is 31.3 Å². The van der Waals surface area contributed by atoms with E-state index in [9.17, 15) is 4.39 Å². The van der Waals surface area contributed by atoms with Gasteiger partial charge in [-0.2, -0.15) is 11.3 Å². The molecular weight excluding hydrogens is 840 g/mol. The van der Waals surface area contributed by atoms with Gasteiger partial charge in [0.25, 0.3) is 0 Å². The predicted octanol–water partition coefficient (Wildman–Crippen LogP) is 12.3. The fourth-order valence-electron chi connectivity index (χ4n) is 6.89. The van der Waals surface area contributed by atoms with Crippen LogP contribution in [0.4, 0.5) is 4.39 Å². The summed E-state index contributed by atoms with van der Waals surface area (Å²) in [6, 6.07) is 34.7. The third-order valence-corrected chi connectivity index (χ3v) is 12.1. The molecule has 1 radical (unpaired) electrons. The summed E-state index contributed by atoms with van der Waals surface area (Å²) in [5, 5.41) is 3.09. The first kappa shape index (κ1) is 38.4. The SMILES string of the molecule is CC(C)(C)Cc1cc(-c2[c-]cccc2)ncc1[Si](C)(C)C.Cc1cc(C)c(-c2ccnc(-c3[c-]ccc4c3sc3cccc(F)c34)c2)c(C)c1.[Ir]. The van der Waals surface area contributed by atoms with Crippen LogP contribution in [-0.4, -0.2) is 18.0 Å². The van der Waals surface area contributed by atoms with Gasteiger partial charge in [0.2, 0.25) is 0 Å². The van der Waals surface area contributed by atoms with Gasteiger partial charge in [0.1, 0.15) is 5.82 Å². The predicted molar refractivity (Wildman–Crippen MR) is 216 cm³/mol. The zero-order chi connectivity index (χ0) is 35.8. The topological polar surface area (TPSA) is 25.8 Å². The molecule has 51 heavy (non-hydrogen) atoms. The van der Waals surface area contributed by atoms with E-state index in [2.05, 4.69) is 121 Å². The quantitative estimate of drug-likeness (QED) is 0.127. The van der Waals surface area contributed by atoms with Crippen molar-refractivity contribution >= 4 is 44.8 Å². The zero-order valence-electron chi connectivity index (χ0n) is 31.0. The molecule has 0 N–H and O–H groups in total. The molecule has 0 bridgehead atoms. The number of hydrogen-bond acceptors (Lipinski definition) is 3. The first-order valence-corrected chi connectivity index (χ1v) is 21.5. The molecular formula is C45H45FIrN2SSi-2. The number of halogens is 1. The molecule has 263 valence electrons. The first-order chi connectivity index (χ1) is 23.7. The molecule has 0 aliphatic rings. The molecule has 0 saturated heterocycles. The van der Waals surface area contributed by atoms with Crippen LogP contribution >= 0.6 is 11.3 Å². The molecule has 0 spiro atoms. The van der Waals surface area contributed by atoms with Crippen LogP contribution in [0.2, 0.25) is 19.6 Å². The Morgan fingerprint density at radius 2 is 1.55 bits per heavy atom. The number of aryl methyl sites for hydroxylation is 3. The van der Waals surface area contributed by atoms with Gasteiger partial charge in [-0.25, -0.2) is 4.39 Å². The van der Waals surface area contributed by atoms with Crippen LogP contribution in [0.25, 0.3) is 53.8 Å². The third kappa shape index (κ3) is 8.64. The minimum absolute atomic E-state index is 0. The fourth-order valence-corrected chi connectivity index (χ4v) is 9.68. The van der Waals surface area contributed by atoms with Gasteiger partial charge in [0.15, 0.2) is 0 Å². The van der Waals surface area contributed by atoms with Crippen molar-refractivity contribution < 1.29 is 24.5 Å². The summed E-state index contributed by atoms with van der Waals surface area (Å²) < 4.78 is 16.4. The Kier molecular flexibility index (Phi) is 11.6. The second kappa shape index (κ2) is 15.4. The van der Waals surface area contributed by atoms with Crippen LogP contribution in [0.3, 0.4) is 0 Å². The average molecular weight is 885 g/mol. The van der Waals surface area contributed by atoms with Crippen molar-refractivity contribution in [2.45, 2.75) is 67.6 Å². The standard InChI is InChI=1S/C26H19FNS.C19H26NSi.Ir/c1-15-12-16(2)24(17(3)13-15)18-10-11-28-22(14-18)19-6-4-7-20-25-21(27)8-5-9-23(25)29-26(19)20;1-19(2,3)13-16-12-17(15-10-8-7-9-11-15)20-14-18(16)21(4,5)6;/h4-5,7-14H,1-3H3;7-10,12,14H,13H2,1-6H3;/q2*-1;. The molecule has 0 aliphatic heterocycles. The molecule has 2 nitrogen and oxygen atoms in total. The number of hydrogen-bond donors (Lipinski definition) is 0. The third-order valence-electron chi connectivity index (χ3n) is 8.89. The van der Waals surface area contributed by atoms with Crippen LogP contribution in [0, 0.1) is 44.1 Å². The van der Waals surface area contributed by atoms with Crippen molar-refractivity contribution in [2.75, 3.05) is 0 Å². The largest absolute Gasteiger partial charge is 0.305 e. The van der Waals surface area contributed by atoms with Crippen molar-refractivity contribution in [1.82, 2.24) is 9.97 Å². The Bertz CT molecular complexity index is 2290. The normalized spacial score (nSPS) is 11.6. The van der Waals surface area contributed by atoms with E-state index >= 15 is 0 Å². The maximum atomic E-state index is 14.5. The minimum atomic E-state index is -1.37. The molecule has 0 saturated carbocycles. The second-order valence-electron chi connectivity index (χ2n) is 15.5. The van der Waals surface area contributed by atoms with Crippen molar-refractivity contribution in [1.29, 1.82) is 0 Å². The van der Waals surface area contributed by atoms with E-state index in [4.69, 9.17) is 4.98 Å². The Hall–Kier alpha value is -3.80. The van der Waals surface area contributed by atoms with Crippen LogP contribution < -0.4 is 5.19 Å².